The molecule has 0 unspecified atom stereocenters. The second-order valence-corrected chi connectivity index (χ2v) is 5.97. The highest BCUT2D eigenvalue weighted by molar-refractivity contribution is 6.35. The summed E-state index contributed by atoms with van der Waals surface area (Å²) in [4.78, 5) is 6.91. The Morgan fingerprint density at radius 1 is 1.35 bits per heavy atom. The molecule has 4 nitrogen and oxygen atoms in total. The Balaban J connectivity index is 1.81. The first-order chi connectivity index (χ1) is 9.69. The van der Waals surface area contributed by atoms with Crippen LogP contribution in [-0.2, 0) is 6.54 Å². The Hall–Kier alpha value is -1.26. The monoisotopic (exact) mass is 292 g/mol. The van der Waals surface area contributed by atoms with Gasteiger partial charge in [-0.25, -0.2) is 4.98 Å². The zero-order valence-corrected chi connectivity index (χ0v) is 12.6. The summed E-state index contributed by atoms with van der Waals surface area (Å²) >= 11 is 6.18. The van der Waals surface area contributed by atoms with Crippen molar-refractivity contribution in [2.45, 2.75) is 26.3 Å². The third-order valence-electron chi connectivity index (χ3n) is 4.35. The number of aromatic nitrogens is 2. The molecule has 0 atom stereocenters. The van der Waals surface area contributed by atoms with E-state index in [-0.39, 0.29) is 0 Å². The first-order valence-electron chi connectivity index (χ1n) is 7.31. The Morgan fingerprint density at radius 3 is 2.80 bits per heavy atom. The molecule has 1 aromatic carbocycles. The van der Waals surface area contributed by atoms with Crippen LogP contribution in [0.2, 0.25) is 5.02 Å². The third kappa shape index (κ3) is 2.50. The van der Waals surface area contributed by atoms with Gasteiger partial charge in [-0.3, -0.25) is 0 Å². The van der Waals surface area contributed by atoms with Gasteiger partial charge < -0.3 is 15.2 Å². The molecule has 3 rings (SSSR count). The molecule has 0 spiro atoms. The molecule has 0 amide bonds. The van der Waals surface area contributed by atoms with Gasteiger partial charge in [0.1, 0.15) is 5.52 Å². The maximum absolute atomic E-state index is 6.18. The molecule has 2 heterocycles. The van der Waals surface area contributed by atoms with Crippen LogP contribution in [0.1, 0.15) is 19.8 Å². The number of rotatable bonds is 3. The van der Waals surface area contributed by atoms with Gasteiger partial charge in [0.2, 0.25) is 5.95 Å². The van der Waals surface area contributed by atoms with Crippen molar-refractivity contribution in [3.8, 4) is 0 Å². The summed E-state index contributed by atoms with van der Waals surface area (Å²) in [5.41, 5.74) is 7.94. The standard InChI is InChI=1S/C15H21ClN4/c1-2-19-8-6-11(7-9-19)10-20-13-5-3-4-12(16)14(13)18-15(20)17/h3-5,11H,2,6-10H2,1H3,(H2,17,18). The number of nitrogens with two attached hydrogens (primary N) is 1. The number of anilines is 1. The minimum atomic E-state index is 0.575. The number of imidazole rings is 1. The fourth-order valence-electron chi connectivity index (χ4n) is 3.07. The fraction of sp³-hybridized carbons (Fsp3) is 0.533. The summed E-state index contributed by atoms with van der Waals surface area (Å²) in [5, 5.41) is 0.675. The van der Waals surface area contributed by atoms with E-state index in [2.05, 4.69) is 21.4 Å². The van der Waals surface area contributed by atoms with Crippen molar-refractivity contribution < 1.29 is 0 Å². The first-order valence-corrected chi connectivity index (χ1v) is 7.69. The molecule has 0 bridgehead atoms. The number of nitrogen functional groups attached to an aromatic ring is 1. The van der Waals surface area contributed by atoms with Crippen LogP contribution in [0.4, 0.5) is 5.95 Å². The van der Waals surface area contributed by atoms with Gasteiger partial charge in [-0.05, 0) is 50.5 Å². The zero-order chi connectivity index (χ0) is 14.1. The van der Waals surface area contributed by atoms with Crippen LogP contribution in [0.15, 0.2) is 18.2 Å². The molecule has 1 aliphatic rings. The average Bonchev–Trinajstić information content (AvgIpc) is 2.78. The molecule has 0 aliphatic carbocycles. The number of halogens is 1. The van der Waals surface area contributed by atoms with Gasteiger partial charge in [0.05, 0.1) is 10.5 Å². The van der Waals surface area contributed by atoms with Crippen molar-refractivity contribution in [1.82, 2.24) is 14.5 Å². The summed E-state index contributed by atoms with van der Waals surface area (Å²) < 4.78 is 2.12. The Labute approximate surface area is 124 Å². The molecule has 2 aromatic rings. The van der Waals surface area contributed by atoms with Crippen LogP contribution < -0.4 is 5.73 Å². The Morgan fingerprint density at radius 2 is 2.10 bits per heavy atom. The zero-order valence-electron chi connectivity index (χ0n) is 11.8. The number of piperidine rings is 1. The van der Waals surface area contributed by atoms with Crippen LogP contribution in [0.25, 0.3) is 11.0 Å². The number of likely N-dealkylation sites (tertiary alicyclic amines) is 1. The number of fused-ring (bicyclic) bond motifs is 1. The lowest BCUT2D eigenvalue weighted by atomic mass is 9.96. The van der Waals surface area contributed by atoms with E-state index in [1.807, 2.05) is 18.2 Å². The molecule has 108 valence electrons. The number of nitrogens with zero attached hydrogens (tertiary/aromatic N) is 3. The summed E-state index contributed by atoms with van der Waals surface area (Å²) in [5.74, 6) is 1.25. The smallest absolute Gasteiger partial charge is 0.201 e. The minimum Gasteiger partial charge on any atom is -0.369 e. The van der Waals surface area contributed by atoms with Crippen molar-refractivity contribution in [1.29, 1.82) is 0 Å². The Kier molecular flexibility index (Phi) is 3.85. The van der Waals surface area contributed by atoms with E-state index in [4.69, 9.17) is 17.3 Å². The third-order valence-corrected chi connectivity index (χ3v) is 4.66. The van der Waals surface area contributed by atoms with Crippen LogP contribution in [0.3, 0.4) is 0 Å². The van der Waals surface area contributed by atoms with Gasteiger partial charge in [-0.15, -0.1) is 0 Å². The van der Waals surface area contributed by atoms with Crippen molar-refractivity contribution in [3.05, 3.63) is 23.2 Å². The van der Waals surface area contributed by atoms with Gasteiger partial charge in [-0.2, -0.15) is 0 Å². The van der Waals surface area contributed by atoms with Gasteiger partial charge in [-0.1, -0.05) is 24.6 Å². The number of hydrogen-bond acceptors (Lipinski definition) is 3. The van der Waals surface area contributed by atoms with Crippen LogP contribution >= 0.6 is 11.6 Å². The molecule has 0 saturated carbocycles. The number of hydrogen-bond donors (Lipinski definition) is 1. The number of para-hydroxylation sites is 1. The molecular formula is C15H21ClN4. The number of benzene rings is 1. The maximum Gasteiger partial charge on any atom is 0.201 e. The highest BCUT2D eigenvalue weighted by Gasteiger charge is 2.20. The van der Waals surface area contributed by atoms with Gasteiger partial charge in [0.15, 0.2) is 0 Å². The SMILES string of the molecule is CCN1CCC(Cn2c(N)nc3c(Cl)cccc32)CC1. The fourth-order valence-corrected chi connectivity index (χ4v) is 3.28. The Bertz CT molecular complexity index is 599. The molecule has 20 heavy (non-hydrogen) atoms. The second-order valence-electron chi connectivity index (χ2n) is 5.57. The lowest BCUT2D eigenvalue weighted by molar-refractivity contribution is 0.182. The van der Waals surface area contributed by atoms with E-state index in [1.165, 1.54) is 25.9 Å². The van der Waals surface area contributed by atoms with E-state index < -0.39 is 0 Å². The van der Waals surface area contributed by atoms with Crippen molar-refractivity contribution in [3.63, 3.8) is 0 Å². The highest BCUT2D eigenvalue weighted by Crippen LogP contribution is 2.27. The van der Waals surface area contributed by atoms with E-state index >= 15 is 0 Å². The predicted octanol–water partition coefficient (Wildman–Crippen LogP) is 3.00. The lowest BCUT2D eigenvalue weighted by Crippen LogP contribution is -2.34. The van der Waals surface area contributed by atoms with Gasteiger partial charge >= 0.3 is 0 Å². The molecule has 1 aromatic heterocycles. The van der Waals surface area contributed by atoms with E-state index in [0.717, 1.165) is 24.1 Å². The van der Waals surface area contributed by atoms with E-state index in [0.29, 0.717) is 16.9 Å². The molecule has 2 N–H and O–H groups in total. The topological polar surface area (TPSA) is 47.1 Å². The van der Waals surface area contributed by atoms with Crippen molar-refractivity contribution >= 4 is 28.6 Å². The summed E-state index contributed by atoms with van der Waals surface area (Å²) in [7, 11) is 0. The van der Waals surface area contributed by atoms with Crippen LogP contribution in [0, 0.1) is 5.92 Å². The summed E-state index contributed by atoms with van der Waals surface area (Å²) in [6.45, 7) is 6.70. The van der Waals surface area contributed by atoms with Crippen molar-refractivity contribution in [2.24, 2.45) is 5.92 Å². The maximum atomic E-state index is 6.18. The average molecular weight is 293 g/mol. The normalized spacial score (nSPS) is 17.9. The predicted molar refractivity (Wildman–Crippen MR) is 84.0 cm³/mol. The second kappa shape index (κ2) is 5.62. The van der Waals surface area contributed by atoms with E-state index in [1.54, 1.807) is 0 Å². The summed E-state index contributed by atoms with van der Waals surface area (Å²) in [6.07, 6.45) is 2.46. The van der Waals surface area contributed by atoms with Gasteiger partial charge in [0, 0.05) is 6.54 Å². The lowest BCUT2D eigenvalue weighted by Gasteiger charge is -2.31. The molecule has 1 saturated heterocycles. The van der Waals surface area contributed by atoms with Crippen LogP contribution in [0.5, 0.6) is 0 Å². The largest absolute Gasteiger partial charge is 0.369 e. The molecule has 5 heteroatoms. The van der Waals surface area contributed by atoms with E-state index in [9.17, 15) is 0 Å². The van der Waals surface area contributed by atoms with Crippen molar-refractivity contribution in [2.75, 3.05) is 25.4 Å². The molecule has 1 aliphatic heterocycles. The first kappa shape index (κ1) is 13.7. The quantitative estimate of drug-likeness (QED) is 0.946. The molecule has 0 radical (unpaired) electrons. The van der Waals surface area contributed by atoms with Crippen LogP contribution in [-0.4, -0.2) is 34.1 Å². The minimum absolute atomic E-state index is 0.575. The summed E-state index contributed by atoms with van der Waals surface area (Å²) in [6, 6.07) is 5.87. The molecular weight excluding hydrogens is 272 g/mol. The van der Waals surface area contributed by atoms with Gasteiger partial charge in [0.25, 0.3) is 0 Å². The molecule has 1 fully saturated rings. The highest BCUT2D eigenvalue weighted by atomic mass is 35.5.